The van der Waals surface area contributed by atoms with Crippen LogP contribution in [0.25, 0.3) is 0 Å². The van der Waals surface area contributed by atoms with Crippen molar-refractivity contribution in [2.75, 3.05) is 25.0 Å². The van der Waals surface area contributed by atoms with E-state index in [2.05, 4.69) is 53.3 Å². The third-order valence-electron chi connectivity index (χ3n) is 4.71. The molecule has 0 radical (unpaired) electrons. The van der Waals surface area contributed by atoms with Crippen molar-refractivity contribution in [3.8, 4) is 0 Å². The zero-order valence-electron chi connectivity index (χ0n) is 15.1. The Morgan fingerprint density at radius 2 is 2.00 bits per heavy atom. The van der Waals surface area contributed by atoms with Crippen LogP contribution in [0.5, 0.6) is 0 Å². The largest absolute Gasteiger partial charge is 0.370 e. The number of benzene rings is 1. The highest BCUT2D eigenvalue weighted by atomic mass is 127. The van der Waals surface area contributed by atoms with Gasteiger partial charge in [-0.25, -0.2) is 0 Å². The Morgan fingerprint density at radius 1 is 1.25 bits per heavy atom. The topological polar surface area (TPSA) is 53.6 Å². The Morgan fingerprint density at radius 3 is 2.67 bits per heavy atom. The van der Waals surface area contributed by atoms with E-state index in [1.807, 2.05) is 0 Å². The molecule has 4 nitrogen and oxygen atoms in total. The fourth-order valence-corrected chi connectivity index (χ4v) is 3.13. The SMILES string of the molecule is CCc1ccc(NC(N)=NCCCCN2CCCCC2C)cc1.I. The van der Waals surface area contributed by atoms with Gasteiger partial charge < -0.3 is 16.0 Å². The molecule has 0 aromatic heterocycles. The van der Waals surface area contributed by atoms with Gasteiger partial charge in [0.25, 0.3) is 0 Å². The third-order valence-corrected chi connectivity index (χ3v) is 4.71. The monoisotopic (exact) mass is 444 g/mol. The number of unbranched alkanes of at least 4 members (excludes halogenated alkanes) is 1. The number of anilines is 1. The lowest BCUT2D eigenvalue weighted by Gasteiger charge is -2.33. The fourth-order valence-electron chi connectivity index (χ4n) is 3.13. The first-order chi connectivity index (χ1) is 11.2. The summed E-state index contributed by atoms with van der Waals surface area (Å²) in [5.74, 6) is 0.514. The maximum absolute atomic E-state index is 5.95. The summed E-state index contributed by atoms with van der Waals surface area (Å²) in [6, 6.07) is 9.10. The maximum atomic E-state index is 5.95. The molecule has 136 valence electrons. The van der Waals surface area contributed by atoms with E-state index in [1.54, 1.807) is 0 Å². The molecule has 1 atom stereocenters. The number of guanidine groups is 1. The quantitative estimate of drug-likeness (QED) is 0.286. The van der Waals surface area contributed by atoms with Gasteiger partial charge in [0.1, 0.15) is 0 Å². The molecule has 1 aliphatic heterocycles. The molecular weight excluding hydrogens is 411 g/mol. The van der Waals surface area contributed by atoms with Gasteiger partial charge in [0.2, 0.25) is 0 Å². The van der Waals surface area contributed by atoms with E-state index in [-0.39, 0.29) is 24.0 Å². The van der Waals surface area contributed by atoms with Gasteiger partial charge in [-0.1, -0.05) is 25.5 Å². The van der Waals surface area contributed by atoms with Crippen molar-refractivity contribution in [2.24, 2.45) is 10.7 Å². The molecule has 1 aromatic rings. The van der Waals surface area contributed by atoms with E-state index in [9.17, 15) is 0 Å². The minimum absolute atomic E-state index is 0. The summed E-state index contributed by atoms with van der Waals surface area (Å²) in [5.41, 5.74) is 8.29. The molecule has 3 N–H and O–H groups in total. The molecule has 24 heavy (non-hydrogen) atoms. The number of hydrogen-bond donors (Lipinski definition) is 2. The second-order valence-corrected chi connectivity index (χ2v) is 6.53. The van der Waals surface area contributed by atoms with Gasteiger partial charge >= 0.3 is 0 Å². The van der Waals surface area contributed by atoms with Crippen LogP contribution in [0.1, 0.15) is 51.5 Å². The van der Waals surface area contributed by atoms with Gasteiger partial charge in [-0.2, -0.15) is 0 Å². The van der Waals surface area contributed by atoms with Crippen LogP contribution >= 0.6 is 24.0 Å². The van der Waals surface area contributed by atoms with Gasteiger partial charge in [0.15, 0.2) is 5.96 Å². The highest BCUT2D eigenvalue weighted by Gasteiger charge is 2.16. The van der Waals surface area contributed by atoms with Crippen LogP contribution in [0.15, 0.2) is 29.3 Å². The minimum atomic E-state index is 0. The zero-order chi connectivity index (χ0) is 16.5. The van der Waals surface area contributed by atoms with Crippen LogP contribution < -0.4 is 11.1 Å². The predicted molar refractivity (Wildman–Crippen MR) is 115 cm³/mol. The summed E-state index contributed by atoms with van der Waals surface area (Å²) in [6.07, 6.45) is 7.46. The Bertz CT molecular complexity index is 487. The summed E-state index contributed by atoms with van der Waals surface area (Å²) in [4.78, 5) is 7.04. The van der Waals surface area contributed by atoms with Gasteiger partial charge in [-0.3, -0.25) is 4.99 Å². The number of halogens is 1. The summed E-state index contributed by atoms with van der Waals surface area (Å²) < 4.78 is 0. The average molecular weight is 444 g/mol. The lowest BCUT2D eigenvalue weighted by atomic mass is 10.0. The normalized spacial score (nSPS) is 18.9. The van der Waals surface area contributed by atoms with Crippen LogP contribution in [-0.4, -0.2) is 36.5 Å². The van der Waals surface area contributed by atoms with Gasteiger partial charge in [-0.15, -0.1) is 24.0 Å². The van der Waals surface area contributed by atoms with Crippen molar-refractivity contribution in [3.63, 3.8) is 0 Å². The molecule has 0 spiro atoms. The average Bonchev–Trinajstić information content (AvgIpc) is 2.57. The standard InChI is InChI=1S/C19H32N4.HI/c1-3-17-9-11-18(12-10-17)22-19(20)21-13-5-7-15-23-14-6-4-8-16(23)2;/h9-12,16H,3-8,13-15H2,1-2H3,(H3,20,21,22);1H. The van der Waals surface area contributed by atoms with Crippen molar-refractivity contribution >= 4 is 35.6 Å². The molecule has 2 rings (SSSR count). The number of aryl methyl sites for hydroxylation is 1. The lowest BCUT2D eigenvalue weighted by Crippen LogP contribution is -2.38. The van der Waals surface area contributed by atoms with Crippen molar-refractivity contribution in [3.05, 3.63) is 29.8 Å². The Balaban J connectivity index is 0.00000288. The second kappa shape index (κ2) is 11.7. The van der Waals surface area contributed by atoms with Crippen molar-refractivity contribution in [1.82, 2.24) is 4.90 Å². The van der Waals surface area contributed by atoms with Crippen LogP contribution in [-0.2, 0) is 6.42 Å². The number of likely N-dealkylation sites (tertiary alicyclic amines) is 1. The molecule has 0 bridgehead atoms. The van der Waals surface area contributed by atoms with Crippen LogP contribution in [0.4, 0.5) is 5.69 Å². The molecular formula is C19H33IN4. The van der Waals surface area contributed by atoms with Gasteiger partial charge in [-0.05, 0) is 69.8 Å². The molecule has 1 aromatic carbocycles. The summed E-state index contributed by atoms with van der Waals surface area (Å²) >= 11 is 0. The first-order valence-corrected chi connectivity index (χ1v) is 9.09. The van der Waals surface area contributed by atoms with E-state index in [0.717, 1.165) is 31.1 Å². The minimum Gasteiger partial charge on any atom is -0.370 e. The first-order valence-electron chi connectivity index (χ1n) is 9.09. The molecule has 0 saturated carbocycles. The maximum Gasteiger partial charge on any atom is 0.193 e. The van der Waals surface area contributed by atoms with Crippen molar-refractivity contribution in [2.45, 2.75) is 58.4 Å². The van der Waals surface area contributed by atoms with E-state index >= 15 is 0 Å². The lowest BCUT2D eigenvalue weighted by molar-refractivity contribution is 0.158. The number of nitrogens with one attached hydrogen (secondary N) is 1. The summed E-state index contributed by atoms with van der Waals surface area (Å²) in [5, 5.41) is 3.16. The number of hydrogen-bond acceptors (Lipinski definition) is 2. The van der Waals surface area contributed by atoms with E-state index in [1.165, 1.54) is 44.3 Å². The van der Waals surface area contributed by atoms with E-state index in [4.69, 9.17) is 5.73 Å². The fraction of sp³-hybridized carbons (Fsp3) is 0.632. The van der Waals surface area contributed by atoms with Crippen LogP contribution in [0.3, 0.4) is 0 Å². The molecule has 1 unspecified atom stereocenters. The summed E-state index contributed by atoms with van der Waals surface area (Å²) in [6.45, 7) is 7.77. The number of nitrogens with two attached hydrogens (primary N) is 1. The summed E-state index contributed by atoms with van der Waals surface area (Å²) in [7, 11) is 0. The number of nitrogens with zero attached hydrogens (tertiary/aromatic N) is 2. The molecule has 0 aliphatic carbocycles. The van der Waals surface area contributed by atoms with Crippen LogP contribution in [0.2, 0.25) is 0 Å². The molecule has 1 saturated heterocycles. The Hall–Kier alpha value is -0.820. The van der Waals surface area contributed by atoms with E-state index in [0.29, 0.717) is 5.96 Å². The molecule has 1 fully saturated rings. The van der Waals surface area contributed by atoms with E-state index < -0.39 is 0 Å². The van der Waals surface area contributed by atoms with Gasteiger partial charge in [0, 0.05) is 18.3 Å². The molecule has 1 aliphatic rings. The molecule has 5 heteroatoms. The highest BCUT2D eigenvalue weighted by molar-refractivity contribution is 14.0. The van der Waals surface area contributed by atoms with Crippen LogP contribution in [0, 0.1) is 0 Å². The van der Waals surface area contributed by atoms with Gasteiger partial charge in [0.05, 0.1) is 0 Å². The number of rotatable bonds is 7. The first kappa shape index (κ1) is 21.2. The van der Waals surface area contributed by atoms with Crippen molar-refractivity contribution < 1.29 is 0 Å². The smallest absolute Gasteiger partial charge is 0.193 e. The third kappa shape index (κ3) is 7.38. The molecule has 0 amide bonds. The number of piperidine rings is 1. The zero-order valence-corrected chi connectivity index (χ0v) is 17.5. The highest BCUT2D eigenvalue weighted by Crippen LogP contribution is 2.16. The number of aliphatic imine (C=N–C) groups is 1. The second-order valence-electron chi connectivity index (χ2n) is 6.53. The van der Waals surface area contributed by atoms with Crippen molar-refractivity contribution in [1.29, 1.82) is 0 Å². The Kier molecular flexibility index (Phi) is 10.3. The molecule has 1 heterocycles. The predicted octanol–water partition coefficient (Wildman–Crippen LogP) is 4.25. The Labute approximate surface area is 164 Å².